The minimum absolute atomic E-state index is 0.0724. The maximum absolute atomic E-state index is 12.4. The molecule has 0 heterocycles. The van der Waals surface area contributed by atoms with Gasteiger partial charge < -0.3 is 20.6 Å². The molecule has 0 saturated carbocycles. The van der Waals surface area contributed by atoms with Gasteiger partial charge in [0.2, 0.25) is 0 Å². The van der Waals surface area contributed by atoms with Crippen LogP contribution in [0, 0.1) is 5.41 Å². The molecule has 1 atom stereocenters. The third kappa shape index (κ3) is 4.47. The molecule has 0 bridgehead atoms. The van der Waals surface area contributed by atoms with E-state index >= 15 is 0 Å². The van der Waals surface area contributed by atoms with E-state index in [1.807, 2.05) is 36.4 Å². The van der Waals surface area contributed by atoms with Crippen molar-refractivity contribution in [2.24, 2.45) is 0 Å². The van der Waals surface area contributed by atoms with Gasteiger partial charge in [-0.3, -0.25) is 0 Å². The van der Waals surface area contributed by atoms with Gasteiger partial charge in [0.25, 0.3) is 0 Å². The molecule has 0 unspecified atom stereocenters. The van der Waals surface area contributed by atoms with Crippen molar-refractivity contribution >= 4 is 18.3 Å². The Bertz CT molecular complexity index is 866. The normalized spacial score (nSPS) is 14.4. The largest absolute Gasteiger partial charge is 0.480 e. The number of aliphatic carboxylic acids is 1. The van der Waals surface area contributed by atoms with Gasteiger partial charge in [0.15, 0.2) is 0 Å². The number of carbonyl (C=O) groups excluding carboxylic acids is 1. The molecule has 0 aliphatic heterocycles. The van der Waals surface area contributed by atoms with Gasteiger partial charge in [-0.1, -0.05) is 55.0 Å². The third-order valence-electron chi connectivity index (χ3n) is 5.47. The van der Waals surface area contributed by atoms with Crippen molar-refractivity contribution in [1.29, 1.82) is 5.41 Å². The summed E-state index contributed by atoms with van der Waals surface area (Å²) in [6, 6.07) is 16.1. The fourth-order valence-corrected chi connectivity index (χ4v) is 3.81. The van der Waals surface area contributed by atoms with Crippen molar-refractivity contribution in [1.82, 2.24) is 5.32 Å². The molecule has 0 aromatic heterocycles. The molecule has 2 aromatic carbocycles. The zero-order valence-electron chi connectivity index (χ0n) is 16.5. The van der Waals surface area contributed by atoms with E-state index in [2.05, 4.69) is 17.4 Å². The Kier molecular flexibility index (Phi) is 6.32. The Morgan fingerprint density at radius 2 is 1.69 bits per heavy atom. The maximum atomic E-state index is 12.4. The molecule has 1 aliphatic rings. The highest BCUT2D eigenvalue weighted by Crippen LogP contribution is 2.44. The fourth-order valence-electron chi connectivity index (χ4n) is 3.81. The topological polar surface area (TPSA) is 99.5 Å². The summed E-state index contributed by atoms with van der Waals surface area (Å²) in [4.78, 5) is 24.1. The van der Waals surface area contributed by atoms with Crippen molar-refractivity contribution in [3.05, 3.63) is 59.7 Å². The minimum Gasteiger partial charge on any atom is -0.480 e. The summed E-state index contributed by atoms with van der Waals surface area (Å²) in [5, 5.41) is 19.1. The number of nitrogens with one attached hydrogen (secondary N) is 2. The first-order chi connectivity index (χ1) is 14.0. The lowest BCUT2D eigenvalue weighted by atomic mass is 9.94. The van der Waals surface area contributed by atoms with E-state index in [0.717, 1.165) is 22.3 Å². The quantitative estimate of drug-likeness (QED) is 0.428. The molecule has 1 aliphatic carbocycles. The van der Waals surface area contributed by atoms with Gasteiger partial charge in [-0.2, -0.15) is 0 Å². The molecule has 0 spiro atoms. The number of amides is 1. The first-order valence-corrected chi connectivity index (χ1v) is 9.82. The Hall–Kier alpha value is -3.15. The highest BCUT2D eigenvalue weighted by molar-refractivity contribution is 5.84. The van der Waals surface area contributed by atoms with E-state index in [-0.39, 0.29) is 18.9 Å². The predicted molar refractivity (Wildman–Crippen MR) is 111 cm³/mol. The number of ether oxygens (including phenoxy) is 1. The van der Waals surface area contributed by atoms with Crippen LogP contribution in [0.25, 0.3) is 11.1 Å². The lowest BCUT2D eigenvalue weighted by Gasteiger charge is -2.26. The highest BCUT2D eigenvalue weighted by Gasteiger charge is 2.35. The third-order valence-corrected chi connectivity index (χ3v) is 5.47. The molecule has 6 nitrogen and oxygen atoms in total. The number of hydrogen-bond donors (Lipinski definition) is 3. The Morgan fingerprint density at radius 3 is 2.24 bits per heavy atom. The van der Waals surface area contributed by atoms with Gasteiger partial charge in [-0.05, 0) is 54.7 Å². The Labute approximate surface area is 170 Å². The molecular formula is C23H26N2O4. The van der Waals surface area contributed by atoms with Crippen LogP contribution in [0.5, 0.6) is 0 Å². The summed E-state index contributed by atoms with van der Waals surface area (Å²) in [6.45, 7) is 1.63. The van der Waals surface area contributed by atoms with E-state index in [9.17, 15) is 14.7 Å². The zero-order valence-corrected chi connectivity index (χ0v) is 16.5. The SMILES string of the molecule is C[C@@](CCCCC=N)(NC(=O)OCC1c2ccccc2-c2ccccc21)C(=O)O. The molecule has 29 heavy (non-hydrogen) atoms. The van der Waals surface area contributed by atoms with Crippen LogP contribution in [-0.2, 0) is 9.53 Å². The van der Waals surface area contributed by atoms with Crippen molar-refractivity contribution in [2.45, 2.75) is 44.1 Å². The number of rotatable bonds is 9. The van der Waals surface area contributed by atoms with Gasteiger partial charge in [0, 0.05) is 5.92 Å². The van der Waals surface area contributed by atoms with Crippen LogP contribution in [-0.4, -0.2) is 35.5 Å². The molecule has 0 saturated heterocycles. The summed E-state index contributed by atoms with van der Waals surface area (Å²) in [5.41, 5.74) is 3.09. The van der Waals surface area contributed by atoms with E-state index in [4.69, 9.17) is 10.1 Å². The molecule has 0 fully saturated rings. The van der Waals surface area contributed by atoms with Crippen molar-refractivity contribution in [2.75, 3.05) is 6.61 Å². The average molecular weight is 394 g/mol. The van der Waals surface area contributed by atoms with E-state index in [1.165, 1.54) is 13.1 Å². The minimum atomic E-state index is -1.40. The number of alkyl carbamates (subject to hydrolysis) is 1. The molecule has 152 valence electrons. The summed E-state index contributed by atoms with van der Waals surface area (Å²) in [7, 11) is 0. The lowest BCUT2D eigenvalue weighted by Crippen LogP contribution is -2.52. The van der Waals surface area contributed by atoms with Crippen molar-refractivity contribution in [3.63, 3.8) is 0 Å². The Balaban J connectivity index is 1.65. The molecule has 3 rings (SSSR count). The summed E-state index contributed by atoms with van der Waals surface area (Å²) < 4.78 is 5.46. The molecule has 6 heteroatoms. The number of carbonyl (C=O) groups is 2. The van der Waals surface area contributed by atoms with Gasteiger partial charge >= 0.3 is 12.1 Å². The fraction of sp³-hybridized carbons (Fsp3) is 0.348. The monoisotopic (exact) mass is 394 g/mol. The predicted octanol–water partition coefficient (Wildman–Crippen LogP) is 4.58. The number of carboxylic acid groups (broad SMARTS) is 1. The molecule has 3 N–H and O–H groups in total. The maximum Gasteiger partial charge on any atom is 0.408 e. The van der Waals surface area contributed by atoms with E-state index in [0.29, 0.717) is 19.3 Å². The van der Waals surface area contributed by atoms with Crippen LogP contribution in [0.4, 0.5) is 4.79 Å². The lowest BCUT2D eigenvalue weighted by molar-refractivity contribution is -0.144. The summed E-state index contributed by atoms with van der Waals surface area (Å²) >= 11 is 0. The van der Waals surface area contributed by atoms with Crippen molar-refractivity contribution < 1.29 is 19.4 Å². The van der Waals surface area contributed by atoms with Gasteiger partial charge in [-0.25, -0.2) is 9.59 Å². The van der Waals surface area contributed by atoms with Crippen LogP contribution >= 0.6 is 0 Å². The van der Waals surface area contributed by atoms with Crippen molar-refractivity contribution in [3.8, 4) is 11.1 Å². The standard InChI is InChI=1S/C23H26N2O4/c1-23(21(26)27,13-7-2-8-14-24)25-22(28)29-15-20-18-11-5-3-9-16(18)17-10-4-6-12-19(17)20/h3-6,9-12,14,20,24H,2,7-8,13,15H2,1H3,(H,25,28)(H,26,27)/t23-/m0/s1. The highest BCUT2D eigenvalue weighted by atomic mass is 16.5. The Morgan fingerprint density at radius 1 is 1.10 bits per heavy atom. The molecule has 0 radical (unpaired) electrons. The van der Waals surface area contributed by atoms with Gasteiger partial charge in [-0.15, -0.1) is 0 Å². The second kappa shape index (κ2) is 8.90. The zero-order chi connectivity index (χ0) is 20.9. The van der Waals surface area contributed by atoms with Crippen LogP contribution < -0.4 is 5.32 Å². The van der Waals surface area contributed by atoms with Crippen LogP contribution in [0.1, 0.15) is 49.7 Å². The van der Waals surface area contributed by atoms with E-state index < -0.39 is 17.6 Å². The number of unbranched alkanes of at least 4 members (excludes halogenated alkanes) is 2. The molecule has 1 amide bonds. The summed E-state index contributed by atoms with van der Waals surface area (Å²) in [5.74, 6) is -1.17. The van der Waals surface area contributed by atoms with Crippen LogP contribution in [0.2, 0.25) is 0 Å². The number of fused-ring (bicyclic) bond motifs is 3. The second-order valence-corrected chi connectivity index (χ2v) is 7.54. The second-order valence-electron chi connectivity index (χ2n) is 7.54. The summed E-state index contributed by atoms with van der Waals surface area (Å²) in [6.07, 6.45) is 2.75. The van der Waals surface area contributed by atoms with Crippen LogP contribution in [0.15, 0.2) is 48.5 Å². The molecular weight excluding hydrogens is 368 g/mol. The number of carboxylic acids is 1. The van der Waals surface area contributed by atoms with Crippen LogP contribution in [0.3, 0.4) is 0 Å². The average Bonchev–Trinajstić information content (AvgIpc) is 3.03. The molecule has 2 aromatic rings. The number of hydrogen-bond acceptors (Lipinski definition) is 4. The first-order valence-electron chi connectivity index (χ1n) is 9.82. The van der Waals surface area contributed by atoms with Gasteiger partial charge in [0.05, 0.1) is 0 Å². The first kappa shape index (κ1) is 20.6. The smallest absolute Gasteiger partial charge is 0.408 e. The van der Waals surface area contributed by atoms with Gasteiger partial charge in [0.1, 0.15) is 12.1 Å². The van der Waals surface area contributed by atoms with E-state index in [1.54, 1.807) is 0 Å². The number of benzene rings is 2.